The Morgan fingerprint density at radius 1 is 1.03 bits per heavy atom. The van der Waals surface area contributed by atoms with E-state index in [9.17, 15) is 14.4 Å². The van der Waals surface area contributed by atoms with Gasteiger partial charge in [0.25, 0.3) is 5.56 Å². The lowest BCUT2D eigenvalue weighted by molar-refractivity contribution is -0.120. The van der Waals surface area contributed by atoms with Gasteiger partial charge in [0.1, 0.15) is 0 Å². The van der Waals surface area contributed by atoms with E-state index in [0.717, 1.165) is 40.6 Å². The quantitative estimate of drug-likeness (QED) is 0.343. The van der Waals surface area contributed by atoms with E-state index in [1.807, 2.05) is 62.4 Å². The van der Waals surface area contributed by atoms with Crippen molar-refractivity contribution in [1.29, 1.82) is 0 Å². The van der Waals surface area contributed by atoms with Crippen molar-refractivity contribution in [3.8, 4) is 0 Å². The minimum absolute atomic E-state index is 0.000945. The molecule has 166 valence electrons. The molecule has 0 aliphatic carbocycles. The van der Waals surface area contributed by atoms with Crippen molar-refractivity contribution >= 4 is 29.3 Å². The molecule has 8 heteroatoms. The summed E-state index contributed by atoms with van der Waals surface area (Å²) in [6.07, 6.45) is 0.729. The van der Waals surface area contributed by atoms with Gasteiger partial charge in [-0.3, -0.25) is 14.4 Å². The van der Waals surface area contributed by atoms with Crippen molar-refractivity contribution in [1.82, 2.24) is 15.3 Å². The standard InChI is InChI=1S/C24H26N4O3S/c1-16-7-6-10-20(17(16)2)27-23(31)15-32-24-26-19(14-22(30)28-24)13-21(29)25-12-11-18-8-4-3-5-9-18/h3-10,14H,11-13,15H2,1-2H3,(H,25,29)(H,27,31)(H,26,28,30). The first kappa shape index (κ1) is 23.3. The van der Waals surface area contributed by atoms with Crippen LogP contribution in [-0.4, -0.2) is 34.1 Å². The SMILES string of the molecule is Cc1cccc(NC(=O)CSc2nc(CC(=O)NCCc3ccccc3)cc(=O)[nH]2)c1C. The number of carbonyl (C=O) groups excluding carboxylic acids is 2. The summed E-state index contributed by atoms with van der Waals surface area (Å²) < 4.78 is 0. The van der Waals surface area contributed by atoms with E-state index in [0.29, 0.717) is 17.4 Å². The Kier molecular flexibility index (Phi) is 8.21. The first-order valence-electron chi connectivity index (χ1n) is 10.3. The number of thioether (sulfide) groups is 1. The third kappa shape index (κ3) is 7.09. The molecule has 1 aromatic heterocycles. The molecule has 0 radical (unpaired) electrons. The van der Waals surface area contributed by atoms with E-state index in [4.69, 9.17) is 0 Å². The van der Waals surface area contributed by atoms with Crippen LogP contribution >= 0.6 is 11.8 Å². The molecular weight excluding hydrogens is 424 g/mol. The highest BCUT2D eigenvalue weighted by Gasteiger charge is 2.11. The molecule has 0 aliphatic rings. The molecule has 0 aliphatic heterocycles. The number of anilines is 1. The third-order valence-electron chi connectivity index (χ3n) is 4.91. The van der Waals surface area contributed by atoms with E-state index in [2.05, 4.69) is 20.6 Å². The van der Waals surface area contributed by atoms with Gasteiger partial charge < -0.3 is 15.6 Å². The molecule has 3 aromatic rings. The van der Waals surface area contributed by atoms with Crippen molar-refractivity contribution in [3.63, 3.8) is 0 Å². The van der Waals surface area contributed by atoms with Gasteiger partial charge in [0.2, 0.25) is 11.8 Å². The largest absolute Gasteiger partial charge is 0.355 e. The van der Waals surface area contributed by atoms with E-state index in [1.165, 1.54) is 6.07 Å². The number of H-pyrrole nitrogens is 1. The van der Waals surface area contributed by atoms with Crippen LogP contribution < -0.4 is 16.2 Å². The Morgan fingerprint density at radius 2 is 1.81 bits per heavy atom. The zero-order chi connectivity index (χ0) is 22.9. The second-order valence-electron chi connectivity index (χ2n) is 7.39. The predicted octanol–water partition coefficient (Wildman–Crippen LogP) is 3.02. The van der Waals surface area contributed by atoms with Crippen LogP contribution in [0.2, 0.25) is 0 Å². The number of rotatable bonds is 9. The lowest BCUT2D eigenvalue weighted by atomic mass is 10.1. The normalized spacial score (nSPS) is 10.6. The summed E-state index contributed by atoms with van der Waals surface area (Å²) in [6, 6.07) is 16.9. The molecule has 0 fully saturated rings. The fraction of sp³-hybridized carbons (Fsp3) is 0.250. The van der Waals surface area contributed by atoms with Gasteiger partial charge >= 0.3 is 0 Å². The molecule has 2 amide bonds. The maximum Gasteiger partial charge on any atom is 0.251 e. The average molecular weight is 451 g/mol. The van der Waals surface area contributed by atoms with Gasteiger partial charge in [0.15, 0.2) is 5.16 Å². The van der Waals surface area contributed by atoms with Crippen LogP contribution in [0.1, 0.15) is 22.4 Å². The number of amides is 2. The van der Waals surface area contributed by atoms with E-state index in [-0.39, 0.29) is 29.5 Å². The zero-order valence-electron chi connectivity index (χ0n) is 18.1. The van der Waals surface area contributed by atoms with Crippen LogP contribution in [0.25, 0.3) is 0 Å². The molecular formula is C24H26N4O3S. The number of carbonyl (C=O) groups is 2. The van der Waals surface area contributed by atoms with Gasteiger partial charge in [0, 0.05) is 18.3 Å². The van der Waals surface area contributed by atoms with Crippen LogP contribution in [0.3, 0.4) is 0 Å². The number of nitrogens with one attached hydrogen (secondary N) is 3. The first-order valence-corrected chi connectivity index (χ1v) is 11.3. The second kappa shape index (κ2) is 11.3. The fourth-order valence-corrected chi connectivity index (χ4v) is 3.76. The smallest absolute Gasteiger partial charge is 0.251 e. The Hall–Kier alpha value is -3.39. The Bertz CT molecular complexity index is 1150. The predicted molar refractivity (Wildman–Crippen MR) is 127 cm³/mol. The second-order valence-corrected chi connectivity index (χ2v) is 8.35. The van der Waals surface area contributed by atoms with Gasteiger partial charge in [0.05, 0.1) is 17.9 Å². The van der Waals surface area contributed by atoms with Crippen LogP contribution in [-0.2, 0) is 22.4 Å². The first-order chi connectivity index (χ1) is 15.4. The highest BCUT2D eigenvalue weighted by atomic mass is 32.2. The summed E-state index contributed by atoms with van der Waals surface area (Å²) in [6.45, 7) is 4.44. The van der Waals surface area contributed by atoms with E-state index >= 15 is 0 Å². The lowest BCUT2D eigenvalue weighted by Crippen LogP contribution is -2.28. The zero-order valence-corrected chi connectivity index (χ0v) is 18.9. The minimum atomic E-state index is -0.357. The number of benzene rings is 2. The summed E-state index contributed by atoms with van der Waals surface area (Å²) >= 11 is 1.12. The highest BCUT2D eigenvalue weighted by molar-refractivity contribution is 7.99. The topological polar surface area (TPSA) is 104 Å². The lowest BCUT2D eigenvalue weighted by Gasteiger charge is -2.10. The Balaban J connectivity index is 1.51. The summed E-state index contributed by atoms with van der Waals surface area (Å²) in [7, 11) is 0. The molecule has 0 saturated carbocycles. The summed E-state index contributed by atoms with van der Waals surface area (Å²) in [5.74, 6) is -0.318. The van der Waals surface area contributed by atoms with Gasteiger partial charge in [-0.25, -0.2) is 4.98 Å². The number of aromatic amines is 1. The van der Waals surface area contributed by atoms with Gasteiger partial charge in [-0.15, -0.1) is 0 Å². The fourth-order valence-electron chi connectivity index (χ4n) is 3.07. The highest BCUT2D eigenvalue weighted by Crippen LogP contribution is 2.19. The average Bonchev–Trinajstić information content (AvgIpc) is 2.76. The van der Waals surface area contributed by atoms with Crippen LogP contribution in [0.4, 0.5) is 5.69 Å². The molecule has 0 atom stereocenters. The molecule has 0 saturated heterocycles. The minimum Gasteiger partial charge on any atom is -0.355 e. The van der Waals surface area contributed by atoms with Gasteiger partial charge in [-0.1, -0.05) is 54.2 Å². The summed E-state index contributed by atoms with van der Waals surface area (Å²) in [4.78, 5) is 43.4. The van der Waals surface area contributed by atoms with Crippen molar-refractivity contribution < 1.29 is 9.59 Å². The molecule has 0 unspecified atom stereocenters. The van der Waals surface area contributed by atoms with Gasteiger partial charge in [-0.2, -0.15) is 0 Å². The van der Waals surface area contributed by atoms with Crippen molar-refractivity contribution in [2.45, 2.75) is 31.8 Å². The number of aromatic nitrogens is 2. The monoisotopic (exact) mass is 450 g/mol. The maximum absolute atomic E-state index is 12.3. The van der Waals surface area contributed by atoms with Crippen LogP contribution in [0.5, 0.6) is 0 Å². The molecule has 3 N–H and O–H groups in total. The van der Waals surface area contributed by atoms with Crippen molar-refractivity contribution in [2.75, 3.05) is 17.6 Å². The Labute approximate surface area is 191 Å². The third-order valence-corrected chi connectivity index (χ3v) is 5.79. The summed E-state index contributed by atoms with van der Waals surface area (Å²) in [5, 5.41) is 6.03. The molecule has 1 heterocycles. The molecule has 0 spiro atoms. The van der Waals surface area contributed by atoms with Crippen LogP contribution in [0, 0.1) is 13.8 Å². The molecule has 0 bridgehead atoms. The van der Waals surface area contributed by atoms with Crippen LogP contribution in [0.15, 0.2) is 64.5 Å². The number of hydrogen-bond donors (Lipinski definition) is 3. The van der Waals surface area contributed by atoms with E-state index < -0.39 is 0 Å². The maximum atomic E-state index is 12.3. The summed E-state index contributed by atoms with van der Waals surface area (Å²) in [5.41, 5.74) is 4.01. The molecule has 32 heavy (non-hydrogen) atoms. The molecule has 2 aromatic carbocycles. The molecule has 7 nitrogen and oxygen atoms in total. The number of nitrogens with zero attached hydrogens (tertiary/aromatic N) is 1. The number of aryl methyl sites for hydroxylation is 1. The van der Waals surface area contributed by atoms with Crippen molar-refractivity contribution in [2.24, 2.45) is 0 Å². The van der Waals surface area contributed by atoms with E-state index in [1.54, 1.807) is 0 Å². The molecule has 3 rings (SSSR count). The van der Waals surface area contributed by atoms with Gasteiger partial charge in [-0.05, 0) is 43.0 Å². The van der Waals surface area contributed by atoms with Crippen molar-refractivity contribution in [3.05, 3.63) is 87.3 Å². The number of hydrogen-bond acceptors (Lipinski definition) is 5. The Morgan fingerprint density at radius 3 is 2.59 bits per heavy atom.